The molecule has 0 fully saturated rings. The fourth-order valence-electron chi connectivity index (χ4n) is 2.19. The number of hydrogen-bond acceptors (Lipinski definition) is 3. The minimum absolute atomic E-state index is 0.143. The molecule has 1 heterocycles. The van der Waals surface area contributed by atoms with Gasteiger partial charge in [0.1, 0.15) is 5.82 Å². The summed E-state index contributed by atoms with van der Waals surface area (Å²) >= 11 is 0. The highest BCUT2D eigenvalue weighted by Gasteiger charge is 2.09. The summed E-state index contributed by atoms with van der Waals surface area (Å²) in [5.74, 6) is -0.458. The van der Waals surface area contributed by atoms with Crippen LogP contribution in [0.25, 0.3) is 0 Å². The summed E-state index contributed by atoms with van der Waals surface area (Å²) in [5, 5.41) is 6.88. The van der Waals surface area contributed by atoms with Crippen LogP contribution in [0.3, 0.4) is 0 Å². The van der Waals surface area contributed by atoms with Gasteiger partial charge in [0, 0.05) is 36.7 Å². The number of amides is 1. The van der Waals surface area contributed by atoms with Gasteiger partial charge >= 0.3 is 0 Å². The number of anilines is 1. The van der Waals surface area contributed by atoms with E-state index in [0.29, 0.717) is 11.3 Å². The summed E-state index contributed by atoms with van der Waals surface area (Å²) in [6, 6.07) is 6.56. The lowest BCUT2D eigenvalue weighted by Crippen LogP contribution is -2.31. The Kier molecular flexibility index (Phi) is 5.66. The predicted octanol–water partition coefficient (Wildman–Crippen LogP) is 2.29. The largest absolute Gasteiger partial charge is 0.325 e. The lowest BCUT2D eigenvalue weighted by Gasteiger charge is -2.17. The van der Waals surface area contributed by atoms with Crippen LogP contribution in [-0.4, -0.2) is 40.7 Å². The second-order valence-electron chi connectivity index (χ2n) is 5.32. The minimum Gasteiger partial charge on any atom is -0.325 e. The zero-order valence-corrected chi connectivity index (χ0v) is 12.9. The van der Waals surface area contributed by atoms with E-state index in [2.05, 4.69) is 10.4 Å². The average molecular weight is 304 g/mol. The first kappa shape index (κ1) is 16.2. The Morgan fingerprint density at radius 2 is 2.23 bits per heavy atom. The van der Waals surface area contributed by atoms with Crippen molar-refractivity contribution in [2.24, 2.45) is 0 Å². The van der Waals surface area contributed by atoms with Crippen LogP contribution in [0.15, 0.2) is 36.7 Å². The van der Waals surface area contributed by atoms with Crippen LogP contribution in [0, 0.1) is 12.7 Å². The number of benzene rings is 1. The molecule has 0 spiro atoms. The monoisotopic (exact) mass is 304 g/mol. The first-order valence-electron chi connectivity index (χ1n) is 7.27. The second-order valence-corrected chi connectivity index (χ2v) is 5.32. The van der Waals surface area contributed by atoms with Crippen molar-refractivity contribution in [3.05, 3.63) is 48.0 Å². The molecule has 0 aliphatic carbocycles. The molecular formula is C16H21FN4O. The molecule has 0 unspecified atom stereocenters. The number of aryl methyl sites for hydroxylation is 1. The zero-order valence-electron chi connectivity index (χ0n) is 12.9. The van der Waals surface area contributed by atoms with Crippen LogP contribution >= 0.6 is 0 Å². The van der Waals surface area contributed by atoms with Crippen molar-refractivity contribution in [3.63, 3.8) is 0 Å². The highest BCUT2D eigenvalue weighted by atomic mass is 19.1. The fraction of sp³-hybridized carbons (Fsp3) is 0.375. The molecule has 0 saturated heterocycles. The molecule has 1 aromatic carbocycles. The molecule has 0 aliphatic rings. The molecular weight excluding hydrogens is 283 g/mol. The van der Waals surface area contributed by atoms with Crippen LogP contribution in [0.5, 0.6) is 0 Å². The topological polar surface area (TPSA) is 50.2 Å². The molecule has 6 heteroatoms. The van der Waals surface area contributed by atoms with E-state index in [1.165, 1.54) is 6.07 Å². The number of carbonyl (C=O) groups is 1. The van der Waals surface area contributed by atoms with Crippen molar-refractivity contribution in [1.29, 1.82) is 0 Å². The molecule has 2 rings (SSSR count). The van der Waals surface area contributed by atoms with Crippen molar-refractivity contribution in [2.75, 3.05) is 25.5 Å². The molecule has 1 N–H and O–H groups in total. The van der Waals surface area contributed by atoms with E-state index < -0.39 is 0 Å². The van der Waals surface area contributed by atoms with E-state index in [1.54, 1.807) is 25.3 Å². The predicted molar refractivity (Wildman–Crippen MR) is 84.1 cm³/mol. The number of nitrogens with zero attached hydrogens (tertiary/aromatic N) is 3. The number of halogens is 1. The number of aromatic nitrogens is 2. The van der Waals surface area contributed by atoms with Crippen LogP contribution in [-0.2, 0) is 11.3 Å². The second kappa shape index (κ2) is 7.70. The highest BCUT2D eigenvalue weighted by Crippen LogP contribution is 2.17. The molecule has 0 saturated carbocycles. The Hall–Kier alpha value is -2.21. The third kappa shape index (κ3) is 4.66. The van der Waals surface area contributed by atoms with Crippen molar-refractivity contribution in [1.82, 2.24) is 14.7 Å². The summed E-state index contributed by atoms with van der Waals surface area (Å²) in [6.45, 7) is 3.53. The van der Waals surface area contributed by atoms with E-state index in [1.807, 2.05) is 28.9 Å². The van der Waals surface area contributed by atoms with E-state index in [-0.39, 0.29) is 18.3 Å². The number of carbonyl (C=O) groups excluding carboxylic acids is 1. The molecule has 0 aliphatic heterocycles. The molecule has 0 atom stereocenters. The standard InChI is InChI=1S/C16H21FN4O/c1-13-14(17)6-3-7-15(13)19-16(22)12-20(2)9-5-11-21-10-4-8-18-21/h3-4,6-8,10H,5,9,11-12H2,1-2H3,(H,19,22). The van der Waals surface area contributed by atoms with Gasteiger partial charge in [-0.05, 0) is 38.6 Å². The molecule has 1 aromatic heterocycles. The first-order chi connectivity index (χ1) is 10.6. The molecule has 118 valence electrons. The van der Waals surface area contributed by atoms with Gasteiger partial charge in [0.2, 0.25) is 5.91 Å². The van der Waals surface area contributed by atoms with Crippen molar-refractivity contribution in [2.45, 2.75) is 19.9 Å². The zero-order chi connectivity index (χ0) is 15.9. The molecule has 0 bridgehead atoms. The van der Waals surface area contributed by atoms with Crippen LogP contribution in [0.4, 0.5) is 10.1 Å². The fourth-order valence-corrected chi connectivity index (χ4v) is 2.19. The summed E-state index contributed by atoms with van der Waals surface area (Å²) in [7, 11) is 1.89. The SMILES string of the molecule is Cc1c(F)cccc1NC(=O)CN(C)CCCn1cccn1. The van der Waals surface area contributed by atoms with Gasteiger partial charge < -0.3 is 5.32 Å². The maximum Gasteiger partial charge on any atom is 0.238 e. The summed E-state index contributed by atoms with van der Waals surface area (Å²) in [4.78, 5) is 13.9. The summed E-state index contributed by atoms with van der Waals surface area (Å²) < 4.78 is 15.3. The molecule has 1 amide bonds. The van der Waals surface area contributed by atoms with E-state index in [4.69, 9.17) is 0 Å². The smallest absolute Gasteiger partial charge is 0.238 e. The van der Waals surface area contributed by atoms with Gasteiger partial charge in [-0.2, -0.15) is 5.10 Å². The van der Waals surface area contributed by atoms with Crippen molar-refractivity contribution >= 4 is 11.6 Å². The van der Waals surface area contributed by atoms with E-state index in [9.17, 15) is 9.18 Å². The quantitative estimate of drug-likeness (QED) is 0.854. The molecule has 22 heavy (non-hydrogen) atoms. The van der Waals surface area contributed by atoms with Gasteiger partial charge in [0.25, 0.3) is 0 Å². The first-order valence-corrected chi connectivity index (χ1v) is 7.27. The van der Waals surface area contributed by atoms with Gasteiger partial charge in [-0.3, -0.25) is 14.4 Å². The van der Waals surface area contributed by atoms with Crippen LogP contribution in [0.1, 0.15) is 12.0 Å². The summed E-state index contributed by atoms with van der Waals surface area (Å²) in [5.41, 5.74) is 0.979. The van der Waals surface area contributed by atoms with Crippen LogP contribution in [0.2, 0.25) is 0 Å². The Morgan fingerprint density at radius 3 is 2.95 bits per heavy atom. The number of rotatable bonds is 7. The highest BCUT2D eigenvalue weighted by molar-refractivity contribution is 5.92. The maximum atomic E-state index is 13.4. The van der Waals surface area contributed by atoms with Gasteiger partial charge in [-0.1, -0.05) is 6.07 Å². The van der Waals surface area contributed by atoms with E-state index in [0.717, 1.165) is 19.5 Å². The van der Waals surface area contributed by atoms with Gasteiger partial charge in [-0.25, -0.2) is 4.39 Å². The number of hydrogen-bond donors (Lipinski definition) is 1. The van der Waals surface area contributed by atoms with Gasteiger partial charge in [0.15, 0.2) is 0 Å². The Labute approximate surface area is 129 Å². The molecule has 2 aromatic rings. The normalized spacial score (nSPS) is 10.9. The van der Waals surface area contributed by atoms with Crippen LogP contribution < -0.4 is 5.32 Å². The Bertz CT molecular complexity index is 613. The van der Waals surface area contributed by atoms with Crippen molar-refractivity contribution in [3.8, 4) is 0 Å². The Balaban J connectivity index is 1.75. The van der Waals surface area contributed by atoms with Gasteiger partial charge in [0.05, 0.1) is 6.54 Å². The Morgan fingerprint density at radius 1 is 1.41 bits per heavy atom. The summed E-state index contributed by atoms with van der Waals surface area (Å²) in [6.07, 6.45) is 4.57. The van der Waals surface area contributed by atoms with Crippen molar-refractivity contribution < 1.29 is 9.18 Å². The third-order valence-electron chi connectivity index (χ3n) is 3.44. The van der Waals surface area contributed by atoms with Gasteiger partial charge in [-0.15, -0.1) is 0 Å². The average Bonchev–Trinajstić information content (AvgIpc) is 2.97. The third-order valence-corrected chi connectivity index (χ3v) is 3.44. The lowest BCUT2D eigenvalue weighted by atomic mass is 10.2. The minimum atomic E-state index is -0.314. The maximum absolute atomic E-state index is 13.4. The number of nitrogens with one attached hydrogen (secondary N) is 1. The van der Waals surface area contributed by atoms with E-state index >= 15 is 0 Å². The molecule has 5 nitrogen and oxygen atoms in total. The molecule has 0 radical (unpaired) electrons. The lowest BCUT2D eigenvalue weighted by molar-refractivity contribution is -0.117. The number of likely N-dealkylation sites (N-methyl/N-ethyl adjacent to an activating group) is 1.